The van der Waals surface area contributed by atoms with Crippen molar-refractivity contribution in [3.05, 3.63) is 64.9 Å². The van der Waals surface area contributed by atoms with Crippen LogP contribution in [0.4, 0.5) is 27.6 Å². The molecular formula is C20H15F5N2O4. The fraction of sp³-hybridized carbons (Fsp3) is 0.200. The van der Waals surface area contributed by atoms with E-state index in [1.807, 2.05) is 0 Å². The molecule has 0 fully saturated rings. The van der Waals surface area contributed by atoms with Crippen LogP contribution in [-0.4, -0.2) is 35.0 Å². The van der Waals surface area contributed by atoms with Crippen molar-refractivity contribution < 1.29 is 41.4 Å². The number of amides is 2. The lowest BCUT2D eigenvalue weighted by Gasteiger charge is -2.17. The molecule has 0 spiro atoms. The summed E-state index contributed by atoms with van der Waals surface area (Å²) in [5, 5.41) is 11.6. The number of ether oxygens (including phenoxy) is 1. The smallest absolute Gasteiger partial charge is 0.416 e. The van der Waals surface area contributed by atoms with E-state index in [1.54, 1.807) is 6.92 Å². The molecule has 2 aromatic rings. The average molecular weight is 442 g/mol. The first-order chi connectivity index (χ1) is 14.5. The highest BCUT2D eigenvalue weighted by Gasteiger charge is 2.34. The summed E-state index contributed by atoms with van der Waals surface area (Å²) < 4.78 is 71.7. The molecule has 1 aliphatic rings. The molecule has 0 saturated carbocycles. The van der Waals surface area contributed by atoms with Gasteiger partial charge in [0.1, 0.15) is 5.70 Å². The molecule has 6 nitrogen and oxygen atoms in total. The lowest BCUT2D eigenvalue weighted by atomic mass is 10.1. The zero-order valence-electron chi connectivity index (χ0n) is 15.9. The second-order valence-corrected chi connectivity index (χ2v) is 6.57. The summed E-state index contributed by atoms with van der Waals surface area (Å²) in [6.07, 6.45) is -3.97. The molecule has 3 rings (SSSR count). The summed E-state index contributed by atoms with van der Waals surface area (Å²) in [7, 11) is 0. The van der Waals surface area contributed by atoms with E-state index in [9.17, 15) is 31.5 Å². The van der Waals surface area contributed by atoms with Crippen LogP contribution in [0.25, 0.3) is 0 Å². The fourth-order valence-electron chi connectivity index (χ4n) is 2.82. The van der Waals surface area contributed by atoms with Crippen molar-refractivity contribution in [3.8, 4) is 11.5 Å². The Balaban J connectivity index is 1.93. The maximum Gasteiger partial charge on any atom is 0.416 e. The number of hydrogen-bond acceptors (Lipinski definition) is 5. The second-order valence-electron chi connectivity index (χ2n) is 6.57. The third-order valence-corrected chi connectivity index (χ3v) is 4.28. The molecule has 0 saturated heterocycles. The van der Waals surface area contributed by atoms with E-state index in [0.717, 1.165) is 11.0 Å². The van der Waals surface area contributed by atoms with Gasteiger partial charge in [-0.1, -0.05) is 6.07 Å². The van der Waals surface area contributed by atoms with Crippen molar-refractivity contribution in [1.82, 2.24) is 4.90 Å². The summed E-state index contributed by atoms with van der Waals surface area (Å²) in [6.45, 7) is 1.00. The number of carbonyl (C=O) groups excluding carboxylic acids is 2. The number of benzene rings is 2. The largest absolute Gasteiger partial charge is 0.449 e. The second kappa shape index (κ2) is 8.34. The highest BCUT2D eigenvalue weighted by molar-refractivity contribution is 6.17. The van der Waals surface area contributed by atoms with Crippen LogP contribution < -0.4 is 10.1 Å². The normalized spacial score (nSPS) is 14.2. The van der Waals surface area contributed by atoms with Gasteiger partial charge in [0.2, 0.25) is 0 Å². The number of rotatable bonds is 6. The van der Waals surface area contributed by atoms with E-state index in [1.165, 1.54) is 18.2 Å². The van der Waals surface area contributed by atoms with Gasteiger partial charge >= 0.3 is 6.18 Å². The predicted octanol–water partition coefficient (Wildman–Crippen LogP) is 3.74. The van der Waals surface area contributed by atoms with Gasteiger partial charge in [0.05, 0.1) is 24.4 Å². The number of halogens is 5. The number of aryl methyl sites for hydroxylation is 1. The number of nitrogens with zero attached hydrogens (tertiary/aromatic N) is 1. The molecule has 0 unspecified atom stereocenters. The number of β-amino-alcohol motifs (C(OH)–C–C–N with tert-alkyl or cyclic N) is 1. The Kier molecular flexibility index (Phi) is 5.98. The lowest BCUT2D eigenvalue weighted by Crippen LogP contribution is -2.34. The van der Waals surface area contributed by atoms with Crippen molar-refractivity contribution >= 4 is 17.5 Å². The Morgan fingerprint density at radius 2 is 1.74 bits per heavy atom. The minimum Gasteiger partial charge on any atom is -0.449 e. The Morgan fingerprint density at radius 1 is 1.10 bits per heavy atom. The first-order valence-corrected chi connectivity index (χ1v) is 8.81. The molecule has 2 N–H and O–H groups in total. The van der Waals surface area contributed by atoms with Crippen LogP contribution >= 0.6 is 0 Å². The van der Waals surface area contributed by atoms with Crippen LogP contribution in [0, 0.1) is 18.6 Å². The molecular weight excluding hydrogens is 427 g/mol. The van der Waals surface area contributed by atoms with Gasteiger partial charge in [0, 0.05) is 6.08 Å². The molecule has 164 valence electrons. The number of aliphatic hydroxyl groups is 1. The van der Waals surface area contributed by atoms with Crippen molar-refractivity contribution in [1.29, 1.82) is 0 Å². The van der Waals surface area contributed by atoms with Crippen LogP contribution in [0.5, 0.6) is 11.5 Å². The first kappa shape index (κ1) is 22.2. The maximum absolute atomic E-state index is 14.2. The number of imide groups is 1. The van der Waals surface area contributed by atoms with E-state index in [-0.39, 0.29) is 35.8 Å². The van der Waals surface area contributed by atoms with Gasteiger partial charge in [-0.3, -0.25) is 14.5 Å². The quantitative estimate of drug-likeness (QED) is 0.527. The van der Waals surface area contributed by atoms with Gasteiger partial charge in [-0.05, 0) is 36.8 Å². The number of alkyl halides is 3. The number of aliphatic hydroxyl groups excluding tert-OH is 1. The molecule has 0 aromatic heterocycles. The van der Waals surface area contributed by atoms with Gasteiger partial charge < -0.3 is 15.2 Å². The molecule has 1 heterocycles. The van der Waals surface area contributed by atoms with Crippen LogP contribution in [0.1, 0.15) is 11.1 Å². The fourth-order valence-corrected chi connectivity index (χ4v) is 2.82. The van der Waals surface area contributed by atoms with Crippen LogP contribution in [0.15, 0.2) is 42.1 Å². The van der Waals surface area contributed by atoms with Crippen LogP contribution in [0.3, 0.4) is 0 Å². The number of hydrogen-bond donors (Lipinski definition) is 2. The molecule has 11 heteroatoms. The third kappa shape index (κ3) is 4.66. The Labute approximate surface area is 172 Å². The molecule has 2 aromatic carbocycles. The number of nitrogens with one attached hydrogen (secondary N) is 1. The minimum absolute atomic E-state index is 0.0388. The monoisotopic (exact) mass is 442 g/mol. The van der Waals surface area contributed by atoms with Gasteiger partial charge in [0.25, 0.3) is 11.8 Å². The van der Waals surface area contributed by atoms with E-state index in [0.29, 0.717) is 5.56 Å². The number of carbonyl (C=O) groups is 2. The molecule has 0 radical (unpaired) electrons. The summed E-state index contributed by atoms with van der Waals surface area (Å²) in [5.41, 5.74) is -1.01. The van der Waals surface area contributed by atoms with Gasteiger partial charge in [0.15, 0.2) is 23.1 Å². The summed E-state index contributed by atoms with van der Waals surface area (Å²) in [4.78, 5) is 25.0. The maximum atomic E-state index is 14.2. The van der Waals surface area contributed by atoms with Gasteiger partial charge in [-0.2, -0.15) is 13.2 Å². The zero-order valence-corrected chi connectivity index (χ0v) is 15.9. The summed E-state index contributed by atoms with van der Waals surface area (Å²) >= 11 is 0. The van der Waals surface area contributed by atoms with Crippen molar-refractivity contribution in [2.75, 3.05) is 18.5 Å². The number of anilines is 1. The molecule has 1 aliphatic heterocycles. The van der Waals surface area contributed by atoms with Crippen molar-refractivity contribution in [2.24, 2.45) is 0 Å². The highest BCUT2D eigenvalue weighted by Crippen LogP contribution is 2.38. The SMILES string of the molecule is Cc1ccc(Oc2c(F)cc(C(F)(F)F)cc2F)c(NC2=CC(=O)N(CCO)C2=O)c1. The molecule has 0 atom stereocenters. The Bertz CT molecular complexity index is 1060. The average Bonchev–Trinajstić information content (AvgIpc) is 2.93. The van der Waals surface area contributed by atoms with E-state index in [2.05, 4.69) is 5.32 Å². The predicted molar refractivity (Wildman–Crippen MR) is 98.1 cm³/mol. The minimum atomic E-state index is -4.95. The van der Waals surface area contributed by atoms with Gasteiger partial charge in [-0.25, -0.2) is 8.78 Å². The Morgan fingerprint density at radius 3 is 2.32 bits per heavy atom. The van der Waals surface area contributed by atoms with E-state index in [4.69, 9.17) is 9.84 Å². The zero-order chi connectivity index (χ0) is 22.9. The summed E-state index contributed by atoms with van der Waals surface area (Å²) in [5.74, 6) is -5.82. The highest BCUT2D eigenvalue weighted by atomic mass is 19.4. The standard InChI is InChI=1S/C20H15F5N2O4/c1-10-2-3-16(31-18-12(21)7-11(8-13(18)22)20(23,24)25)14(6-10)26-15-9-17(29)27(4-5-28)19(15)30/h2-3,6-9,26,28H,4-5H2,1H3. The summed E-state index contributed by atoms with van der Waals surface area (Å²) in [6, 6.07) is 4.46. The molecule has 0 bridgehead atoms. The Hall–Kier alpha value is -3.47. The van der Waals surface area contributed by atoms with Crippen LogP contribution in [0.2, 0.25) is 0 Å². The van der Waals surface area contributed by atoms with Gasteiger partial charge in [-0.15, -0.1) is 0 Å². The van der Waals surface area contributed by atoms with Crippen molar-refractivity contribution in [2.45, 2.75) is 13.1 Å². The van der Waals surface area contributed by atoms with Crippen molar-refractivity contribution in [3.63, 3.8) is 0 Å². The topological polar surface area (TPSA) is 78.9 Å². The van der Waals surface area contributed by atoms with E-state index >= 15 is 0 Å². The third-order valence-electron chi connectivity index (χ3n) is 4.28. The van der Waals surface area contributed by atoms with Crippen LogP contribution in [-0.2, 0) is 15.8 Å². The molecule has 31 heavy (non-hydrogen) atoms. The van der Waals surface area contributed by atoms with E-state index < -0.39 is 47.5 Å². The molecule has 0 aliphatic carbocycles. The first-order valence-electron chi connectivity index (χ1n) is 8.81. The lowest BCUT2D eigenvalue weighted by molar-refractivity contribution is -0.138. The molecule has 2 amide bonds.